The molecule has 0 aliphatic heterocycles. The summed E-state index contributed by atoms with van der Waals surface area (Å²) in [5, 5.41) is 14.1. The van der Waals surface area contributed by atoms with Gasteiger partial charge in [-0.05, 0) is 18.2 Å². The van der Waals surface area contributed by atoms with Gasteiger partial charge in [0.2, 0.25) is 0 Å². The van der Waals surface area contributed by atoms with Crippen LogP contribution in [0.4, 0.5) is 0 Å². The third-order valence-electron chi connectivity index (χ3n) is 2.53. The third-order valence-corrected chi connectivity index (χ3v) is 3.96. The van der Waals surface area contributed by atoms with Crippen LogP contribution >= 0.6 is 22.9 Å². The summed E-state index contributed by atoms with van der Waals surface area (Å²) in [5.41, 5.74) is 0.0534. The van der Waals surface area contributed by atoms with Gasteiger partial charge in [-0.15, -0.1) is 11.3 Å². The molecular formula is C12H6ClNO3S. The van der Waals surface area contributed by atoms with Crippen molar-refractivity contribution in [3.63, 3.8) is 0 Å². The topological polar surface area (TPSA) is 63.3 Å². The number of carboxylic acid groups (broad SMARTS) is 1. The molecule has 0 saturated heterocycles. The first-order valence-corrected chi connectivity index (χ1v) is 6.22. The van der Waals surface area contributed by atoms with E-state index in [-0.39, 0.29) is 11.3 Å². The van der Waals surface area contributed by atoms with Crippen LogP contribution in [0, 0.1) is 0 Å². The number of fused-ring (bicyclic) bond motifs is 1. The Labute approximate surface area is 110 Å². The van der Waals surface area contributed by atoms with Gasteiger partial charge in [-0.25, -0.2) is 4.79 Å². The summed E-state index contributed by atoms with van der Waals surface area (Å²) in [6, 6.07) is 7.38. The molecule has 3 aromatic rings. The number of halogens is 1. The number of nitrogens with zero attached hydrogens (tertiary/aromatic N) is 1. The minimum absolute atomic E-state index is 0.0534. The van der Waals surface area contributed by atoms with Crippen molar-refractivity contribution >= 4 is 39.0 Å². The molecule has 18 heavy (non-hydrogen) atoms. The second kappa shape index (κ2) is 4.12. The van der Waals surface area contributed by atoms with Gasteiger partial charge in [0.05, 0.1) is 11.1 Å². The summed E-state index contributed by atoms with van der Waals surface area (Å²) >= 11 is 7.50. The van der Waals surface area contributed by atoms with E-state index in [2.05, 4.69) is 5.16 Å². The molecule has 0 saturated carbocycles. The molecule has 3 rings (SSSR count). The number of hydrogen-bond acceptors (Lipinski definition) is 4. The van der Waals surface area contributed by atoms with Crippen molar-refractivity contribution in [2.45, 2.75) is 0 Å². The lowest BCUT2D eigenvalue weighted by atomic mass is 10.2. The largest absolute Gasteiger partial charge is 0.477 e. The second-order valence-electron chi connectivity index (χ2n) is 3.64. The molecule has 90 valence electrons. The van der Waals surface area contributed by atoms with Crippen molar-refractivity contribution in [2.75, 3.05) is 0 Å². The van der Waals surface area contributed by atoms with E-state index < -0.39 is 5.97 Å². The van der Waals surface area contributed by atoms with Gasteiger partial charge in [0.1, 0.15) is 5.56 Å². The van der Waals surface area contributed by atoms with Crippen molar-refractivity contribution in [2.24, 2.45) is 0 Å². The quantitative estimate of drug-likeness (QED) is 0.772. The summed E-state index contributed by atoms with van der Waals surface area (Å²) in [6.45, 7) is 0. The maximum Gasteiger partial charge on any atom is 0.341 e. The Balaban J connectivity index is 2.23. The van der Waals surface area contributed by atoms with Gasteiger partial charge >= 0.3 is 5.97 Å². The van der Waals surface area contributed by atoms with Gasteiger partial charge in [-0.2, -0.15) is 0 Å². The van der Waals surface area contributed by atoms with E-state index in [0.717, 1.165) is 10.1 Å². The molecule has 0 spiro atoms. The molecule has 2 aromatic heterocycles. The standard InChI is InChI=1S/C12H6ClNO3S/c13-8-2-1-3-9-6(8)4-10(18-9)11-7(12(15)16)5-14-17-11/h1-5H,(H,15,16). The molecule has 0 amide bonds. The highest BCUT2D eigenvalue weighted by atomic mass is 35.5. The molecule has 2 heterocycles. The number of carboxylic acids is 1. The Morgan fingerprint density at radius 1 is 1.44 bits per heavy atom. The van der Waals surface area contributed by atoms with Gasteiger partial charge in [-0.1, -0.05) is 22.8 Å². The Morgan fingerprint density at radius 2 is 2.28 bits per heavy atom. The van der Waals surface area contributed by atoms with E-state index >= 15 is 0 Å². The number of carbonyl (C=O) groups is 1. The number of hydrogen-bond donors (Lipinski definition) is 1. The number of benzene rings is 1. The van der Waals surface area contributed by atoms with Gasteiger partial charge in [0.25, 0.3) is 0 Å². The molecule has 1 N–H and O–H groups in total. The molecule has 1 aromatic carbocycles. The maximum atomic E-state index is 11.0. The average molecular weight is 280 g/mol. The summed E-state index contributed by atoms with van der Waals surface area (Å²) in [5.74, 6) is -0.797. The van der Waals surface area contributed by atoms with Crippen molar-refractivity contribution in [3.05, 3.63) is 41.0 Å². The minimum atomic E-state index is -1.06. The highest BCUT2D eigenvalue weighted by Gasteiger charge is 2.19. The second-order valence-corrected chi connectivity index (χ2v) is 5.13. The first-order valence-electron chi connectivity index (χ1n) is 5.03. The zero-order chi connectivity index (χ0) is 12.7. The molecule has 0 aliphatic rings. The van der Waals surface area contributed by atoms with Crippen LogP contribution in [-0.2, 0) is 0 Å². The van der Waals surface area contributed by atoms with Crippen LogP contribution in [0.3, 0.4) is 0 Å². The Hall–Kier alpha value is -1.85. The molecular weight excluding hydrogens is 274 g/mol. The molecule has 0 unspecified atom stereocenters. The fraction of sp³-hybridized carbons (Fsp3) is 0. The van der Waals surface area contributed by atoms with Crippen LogP contribution in [-0.4, -0.2) is 16.2 Å². The lowest BCUT2D eigenvalue weighted by molar-refractivity contribution is 0.0697. The van der Waals surface area contributed by atoms with Crippen molar-refractivity contribution in [3.8, 4) is 10.6 Å². The van der Waals surface area contributed by atoms with Crippen LogP contribution < -0.4 is 0 Å². The smallest absolute Gasteiger partial charge is 0.341 e. The fourth-order valence-electron chi connectivity index (χ4n) is 1.71. The van der Waals surface area contributed by atoms with Gasteiger partial charge < -0.3 is 9.63 Å². The van der Waals surface area contributed by atoms with E-state index in [0.29, 0.717) is 9.90 Å². The van der Waals surface area contributed by atoms with Crippen LogP contribution in [0.1, 0.15) is 10.4 Å². The van der Waals surface area contributed by atoms with Crippen LogP contribution in [0.25, 0.3) is 20.7 Å². The lowest BCUT2D eigenvalue weighted by Crippen LogP contribution is -1.94. The molecule has 0 fully saturated rings. The minimum Gasteiger partial charge on any atom is -0.477 e. The molecule has 0 atom stereocenters. The first-order chi connectivity index (χ1) is 8.66. The summed E-state index contributed by atoms with van der Waals surface area (Å²) in [4.78, 5) is 11.7. The molecule has 6 heteroatoms. The maximum absolute atomic E-state index is 11.0. The molecule has 4 nitrogen and oxygen atoms in total. The summed E-state index contributed by atoms with van der Waals surface area (Å²) in [7, 11) is 0. The molecule has 0 radical (unpaired) electrons. The van der Waals surface area contributed by atoms with E-state index in [1.54, 1.807) is 6.07 Å². The van der Waals surface area contributed by atoms with Crippen LogP contribution in [0.15, 0.2) is 35.0 Å². The summed E-state index contributed by atoms with van der Waals surface area (Å²) in [6.07, 6.45) is 1.20. The van der Waals surface area contributed by atoms with E-state index in [1.807, 2.05) is 18.2 Å². The van der Waals surface area contributed by atoms with Gasteiger partial charge in [-0.3, -0.25) is 0 Å². The van der Waals surface area contributed by atoms with Gasteiger partial charge in [0, 0.05) is 15.1 Å². The Kier molecular flexibility index (Phi) is 2.57. The first kappa shape index (κ1) is 11.3. The van der Waals surface area contributed by atoms with Crippen molar-refractivity contribution < 1.29 is 14.4 Å². The van der Waals surface area contributed by atoms with Gasteiger partial charge in [0.15, 0.2) is 5.76 Å². The number of rotatable bonds is 2. The molecule has 0 aliphatic carbocycles. The summed E-state index contributed by atoms with van der Waals surface area (Å²) < 4.78 is 5.99. The number of aromatic nitrogens is 1. The van der Waals surface area contributed by atoms with E-state index in [1.165, 1.54) is 17.5 Å². The zero-order valence-corrected chi connectivity index (χ0v) is 10.5. The van der Waals surface area contributed by atoms with Crippen LogP contribution in [0.2, 0.25) is 5.02 Å². The van der Waals surface area contributed by atoms with Crippen LogP contribution in [0.5, 0.6) is 0 Å². The Morgan fingerprint density at radius 3 is 3.00 bits per heavy atom. The number of thiophene rings is 1. The Bertz CT molecular complexity index is 747. The van der Waals surface area contributed by atoms with Crippen molar-refractivity contribution in [1.29, 1.82) is 0 Å². The highest BCUT2D eigenvalue weighted by molar-refractivity contribution is 7.22. The van der Waals surface area contributed by atoms with E-state index in [4.69, 9.17) is 21.2 Å². The normalized spacial score (nSPS) is 10.9. The van der Waals surface area contributed by atoms with Crippen molar-refractivity contribution in [1.82, 2.24) is 5.16 Å². The lowest BCUT2D eigenvalue weighted by Gasteiger charge is -1.91. The monoisotopic (exact) mass is 279 g/mol. The zero-order valence-electron chi connectivity index (χ0n) is 8.88. The number of aromatic carboxylic acids is 1. The fourth-order valence-corrected chi connectivity index (χ4v) is 3.07. The highest BCUT2D eigenvalue weighted by Crippen LogP contribution is 2.37. The van der Waals surface area contributed by atoms with E-state index in [9.17, 15) is 4.79 Å². The predicted octanol–water partition coefficient (Wildman–Crippen LogP) is 3.91. The third kappa shape index (κ3) is 1.68. The predicted molar refractivity (Wildman–Crippen MR) is 69.3 cm³/mol. The average Bonchev–Trinajstić information content (AvgIpc) is 2.95. The molecule has 0 bridgehead atoms. The SMILES string of the molecule is O=C(O)c1cnoc1-c1cc2c(Cl)cccc2s1.